The number of aryl methyl sites for hydroxylation is 1. The summed E-state index contributed by atoms with van der Waals surface area (Å²) in [6.45, 7) is 7.42. The number of furan rings is 1. The number of hydrogen-bond acceptors (Lipinski definition) is 3. The Morgan fingerprint density at radius 3 is 2.72 bits per heavy atom. The fourth-order valence-electron chi connectivity index (χ4n) is 2.01. The van der Waals surface area contributed by atoms with E-state index >= 15 is 0 Å². The smallest absolute Gasteiger partial charge is 0.118 e. The van der Waals surface area contributed by atoms with E-state index in [0.29, 0.717) is 19.3 Å². The van der Waals surface area contributed by atoms with E-state index < -0.39 is 0 Å². The van der Waals surface area contributed by atoms with Crippen molar-refractivity contribution in [2.24, 2.45) is 5.73 Å². The molecule has 0 fully saturated rings. The van der Waals surface area contributed by atoms with Crippen molar-refractivity contribution in [3.63, 3.8) is 0 Å². The molecule has 1 heterocycles. The minimum atomic E-state index is 0.317. The van der Waals surface area contributed by atoms with Crippen molar-refractivity contribution in [2.75, 3.05) is 0 Å². The summed E-state index contributed by atoms with van der Waals surface area (Å²) >= 11 is 0. The van der Waals surface area contributed by atoms with E-state index in [9.17, 15) is 0 Å². The average molecular weight is 253 g/mol. The molecule has 0 bridgehead atoms. The Hall–Kier alpha value is -0.800. The minimum Gasteiger partial charge on any atom is -0.465 e. The molecule has 0 saturated heterocycles. The van der Waals surface area contributed by atoms with Gasteiger partial charge >= 0.3 is 0 Å². The summed E-state index contributed by atoms with van der Waals surface area (Å²) in [4.78, 5) is 0. The van der Waals surface area contributed by atoms with E-state index in [1.807, 2.05) is 13.0 Å². The Morgan fingerprint density at radius 1 is 1.33 bits per heavy atom. The lowest BCUT2D eigenvalue weighted by Crippen LogP contribution is -2.08. The number of unbranched alkanes of at least 4 members (excludes halogenated alkanes) is 3. The van der Waals surface area contributed by atoms with Crippen LogP contribution >= 0.6 is 0 Å². The van der Waals surface area contributed by atoms with E-state index in [0.717, 1.165) is 23.5 Å². The van der Waals surface area contributed by atoms with Gasteiger partial charge in [0.2, 0.25) is 0 Å². The maximum Gasteiger partial charge on any atom is 0.118 e. The molecular weight excluding hydrogens is 226 g/mol. The van der Waals surface area contributed by atoms with E-state index in [2.05, 4.69) is 13.8 Å². The molecule has 3 nitrogen and oxygen atoms in total. The quantitative estimate of drug-likeness (QED) is 0.678. The summed E-state index contributed by atoms with van der Waals surface area (Å²) in [6, 6.07) is 2.00. The molecule has 0 saturated carbocycles. The molecule has 18 heavy (non-hydrogen) atoms. The maximum atomic E-state index is 5.85. The molecular formula is C15H27NO2. The SMILES string of the molecule is CCCCCCC(C)OCc1cc(CN)oc1C. The van der Waals surface area contributed by atoms with Crippen LogP contribution < -0.4 is 5.73 Å². The Kier molecular flexibility index (Phi) is 7.06. The normalized spacial score (nSPS) is 12.9. The Balaban J connectivity index is 2.24. The van der Waals surface area contributed by atoms with Crippen LogP contribution in [0.15, 0.2) is 10.5 Å². The largest absolute Gasteiger partial charge is 0.465 e. The molecule has 104 valence electrons. The first kappa shape index (κ1) is 15.3. The van der Waals surface area contributed by atoms with Gasteiger partial charge in [0.15, 0.2) is 0 Å². The van der Waals surface area contributed by atoms with E-state index in [-0.39, 0.29) is 0 Å². The van der Waals surface area contributed by atoms with Crippen LogP contribution in [0.2, 0.25) is 0 Å². The molecule has 1 unspecified atom stereocenters. The predicted octanol–water partition coefficient (Wildman–Crippen LogP) is 3.92. The molecule has 0 aliphatic carbocycles. The summed E-state index contributed by atoms with van der Waals surface area (Å²) in [7, 11) is 0. The van der Waals surface area contributed by atoms with Crippen molar-refractivity contribution < 1.29 is 9.15 Å². The van der Waals surface area contributed by atoms with Crippen LogP contribution in [-0.2, 0) is 17.9 Å². The third-order valence-corrected chi connectivity index (χ3v) is 3.26. The van der Waals surface area contributed by atoms with Gasteiger partial charge in [-0.2, -0.15) is 0 Å². The molecule has 0 aromatic carbocycles. The van der Waals surface area contributed by atoms with Gasteiger partial charge in [-0.3, -0.25) is 0 Å². The highest BCUT2D eigenvalue weighted by molar-refractivity contribution is 5.19. The lowest BCUT2D eigenvalue weighted by atomic mass is 10.1. The first-order chi connectivity index (χ1) is 8.67. The first-order valence-electron chi connectivity index (χ1n) is 7.07. The van der Waals surface area contributed by atoms with Crippen LogP contribution in [0.25, 0.3) is 0 Å². The van der Waals surface area contributed by atoms with Crippen LogP contribution in [-0.4, -0.2) is 6.10 Å². The van der Waals surface area contributed by atoms with E-state index in [1.165, 1.54) is 25.7 Å². The fraction of sp³-hybridized carbons (Fsp3) is 0.733. The molecule has 0 aliphatic rings. The number of hydrogen-bond donors (Lipinski definition) is 1. The van der Waals surface area contributed by atoms with Crippen LogP contribution in [0.5, 0.6) is 0 Å². The summed E-state index contributed by atoms with van der Waals surface area (Å²) < 4.78 is 11.4. The van der Waals surface area contributed by atoms with Crippen molar-refractivity contribution in [1.82, 2.24) is 0 Å². The lowest BCUT2D eigenvalue weighted by Gasteiger charge is -2.12. The summed E-state index contributed by atoms with van der Waals surface area (Å²) in [6.07, 6.45) is 6.64. The molecule has 1 atom stereocenters. The summed E-state index contributed by atoms with van der Waals surface area (Å²) in [5.74, 6) is 1.76. The van der Waals surface area contributed by atoms with E-state index in [1.54, 1.807) is 0 Å². The zero-order valence-corrected chi connectivity index (χ0v) is 12.0. The highest BCUT2D eigenvalue weighted by Crippen LogP contribution is 2.17. The Morgan fingerprint density at radius 2 is 2.11 bits per heavy atom. The van der Waals surface area contributed by atoms with Crippen molar-refractivity contribution in [2.45, 2.75) is 72.1 Å². The number of nitrogens with two attached hydrogens (primary N) is 1. The van der Waals surface area contributed by atoms with Crippen LogP contribution in [0.3, 0.4) is 0 Å². The summed E-state index contributed by atoms with van der Waals surface area (Å²) in [5, 5.41) is 0. The van der Waals surface area contributed by atoms with Gasteiger partial charge in [-0.25, -0.2) is 0 Å². The van der Waals surface area contributed by atoms with Crippen molar-refractivity contribution in [1.29, 1.82) is 0 Å². The molecule has 3 heteroatoms. The van der Waals surface area contributed by atoms with Gasteiger partial charge in [-0.15, -0.1) is 0 Å². The lowest BCUT2D eigenvalue weighted by molar-refractivity contribution is 0.0453. The van der Waals surface area contributed by atoms with Gasteiger partial charge in [0.05, 0.1) is 19.3 Å². The Labute approximate surface area is 111 Å². The summed E-state index contributed by atoms with van der Waals surface area (Å²) in [5.41, 5.74) is 6.67. The van der Waals surface area contributed by atoms with Gasteiger partial charge in [0.1, 0.15) is 11.5 Å². The molecule has 2 N–H and O–H groups in total. The maximum absolute atomic E-state index is 5.85. The second-order valence-electron chi connectivity index (χ2n) is 4.97. The third-order valence-electron chi connectivity index (χ3n) is 3.26. The number of ether oxygens (including phenoxy) is 1. The first-order valence-corrected chi connectivity index (χ1v) is 7.07. The van der Waals surface area contributed by atoms with Crippen LogP contribution in [0.1, 0.15) is 63.0 Å². The number of rotatable bonds is 9. The second kappa shape index (κ2) is 8.33. The topological polar surface area (TPSA) is 48.4 Å². The van der Waals surface area contributed by atoms with Crippen LogP contribution in [0, 0.1) is 6.92 Å². The van der Waals surface area contributed by atoms with Crippen molar-refractivity contribution in [3.8, 4) is 0 Å². The molecule has 1 aromatic rings. The van der Waals surface area contributed by atoms with Gasteiger partial charge in [-0.05, 0) is 26.3 Å². The standard InChI is InChI=1S/C15H27NO2/c1-4-5-6-7-8-12(2)17-11-14-9-15(10-16)18-13(14)3/h9,12H,4-8,10-11,16H2,1-3H3. The van der Waals surface area contributed by atoms with Gasteiger partial charge < -0.3 is 14.9 Å². The second-order valence-corrected chi connectivity index (χ2v) is 4.97. The molecule has 1 aromatic heterocycles. The zero-order valence-electron chi connectivity index (χ0n) is 12.0. The fourth-order valence-corrected chi connectivity index (χ4v) is 2.01. The highest BCUT2D eigenvalue weighted by atomic mass is 16.5. The molecule has 0 aliphatic heterocycles. The van der Waals surface area contributed by atoms with Crippen molar-refractivity contribution in [3.05, 3.63) is 23.2 Å². The Bertz CT molecular complexity index is 333. The minimum absolute atomic E-state index is 0.317. The van der Waals surface area contributed by atoms with Gasteiger partial charge in [-0.1, -0.05) is 32.6 Å². The molecule has 0 spiro atoms. The average Bonchev–Trinajstić information content (AvgIpc) is 2.73. The van der Waals surface area contributed by atoms with Crippen LogP contribution in [0.4, 0.5) is 0 Å². The monoisotopic (exact) mass is 253 g/mol. The van der Waals surface area contributed by atoms with Crippen molar-refractivity contribution >= 4 is 0 Å². The highest BCUT2D eigenvalue weighted by Gasteiger charge is 2.08. The molecule has 0 radical (unpaired) electrons. The van der Waals surface area contributed by atoms with E-state index in [4.69, 9.17) is 14.9 Å². The van der Waals surface area contributed by atoms with Gasteiger partial charge in [0, 0.05) is 5.56 Å². The third kappa shape index (κ3) is 5.23. The van der Waals surface area contributed by atoms with Gasteiger partial charge in [0.25, 0.3) is 0 Å². The molecule has 0 amide bonds. The predicted molar refractivity (Wildman–Crippen MR) is 74.3 cm³/mol. The zero-order chi connectivity index (χ0) is 13.4. The molecule has 1 rings (SSSR count).